The van der Waals surface area contributed by atoms with Crippen LogP contribution in [0.15, 0.2) is 24.3 Å². The van der Waals surface area contributed by atoms with Crippen molar-refractivity contribution in [3.05, 3.63) is 29.8 Å². The van der Waals surface area contributed by atoms with Gasteiger partial charge >= 0.3 is 6.03 Å². The molecule has 0 aromatic heterocycles. The maximum atomic E-state index is 12.3. The first kappa shape index (κ1) is 12.8. The number of rotatable bonds is 2. The molecule has 1 atom stereocenters. The van der Waals surface area contributed by atoms with Crippen LogP contribution >= 0.6 is 0 Å². The number of hydrogen-bond acceptors (Lipinski definition) is 3. The lowest BCUT2D eigenvalue weighted by molar-refractivity contribution is -0.132. The maximum Gasteiger partial charge on any atom is 0.317 e. The van der Waals surface area contributed by atoms with Gasteiger partial charge in [0.05, 0.1) is 12.5 Å². The standard InChI is InChI=1S/C14H17N3O3/c18-12-4-2-1-3-10(12)7-13(19)16-5-6-17-11(9-16)8-15-14(17)20/h1-4,11,18H,5-9H2,(H,15,20). The highest BCUT2D eigenvalue weighted by molar-refractivity contribution is 5.81. The van der Waals surface area contributed by atoms with Crippen molar-refractivity contribution in [2.45, 2.75) is 12.5 Å². The summed E-state index contributed by atoms with van der Waals surface area (Å²) in [4.78, 5) is 27.3. The number of nitrogens with one attached hydrogen (secondary N) is 1. The van der Waals surface area contributed by atoms with Crippen molar-refractivity contribution in [2.24, 2.45) is 0 Å². The Hall–Kier alpha value is -2.24. The van der Waals surface area contributed by atoms with Crippen molar-refractivity contribution in [3.63, 3.8) is 0 Å². The highest BCUT2D eigenvalue weighted by Gasteiger charge is 2.36. The number of aromatic hydroxyl groups is 1. The quantitative estimate of drug-likeness (QED) is 0.808. The fourth-order valence-corrected chi connectivity index (χ4v) is 2.77. The normalized spacial score (nSPS) is 21.6. The number of urea groups is 1. The van der Waals surface area contributed by atoms with Gasteiger partial charge < -0.3 is 20.2 Å². The zero-order valence-electron chi connectivity index (χ0n) is 11.1. The number of para-hydroxylation sites is 1. The third-order valence-corrected chi connectivity index (χ3v) is 3.92. The number of amides is 3. The van der Waals surface area contributed by atoms with E-state index in [1.165, 1.54) is 0 Å². The predicted molar refractivity (Wildman–Crippen MR) is 72.3 cm³/mol. The van der Waals surface area contributed by atoms with Crippen LogP contribution in [0.5, 0.6) is 5.75 Å². The van der Waals surface area contributed by atoms with Crippen molar-refractivity contribution < 1.29 is 14.7 Å². The number of fused-ring (bicyclic) bond motifs is 1. The van der Waals surface area contributed by atoms with E-state index in [-0.39, 0.29) is 30.2 Å². The number of carbonyl (C=O) groups is 2. The Bertz CT molecular complexity index is 546. The van der Waals surface area contributed by atoms with Crippen LogP contribution in [0.2, 0.25) is 0 Å². The van der Waals surface area contributed by atoms with E-state index < -0.39 is 0 Å². The summed E-state index contributed by atoms with van der Waals surface area (Å²) in [5.74, 6) is 0.141. The molecule has 2 aliphatic rings. The van der Waals surface area contributed by atoms with Gasteiger partial charge in [-0.2, -0.15) is 0 Å². The average Bonchev–Trinajstić information content (AvgIpc) is 2.82. The van der Waals surface area contributed by atoms with Gasteiger partial charge in [-0.3, -0.25) is 4.79 Å². The minimum atomic E-state index is -0.0391. The lowest BCUT2D eigenvalue weighted by Gasteiger charge is -2.36. The van der Waals surface area contributed by atoms with Crippen LogP contribution in [0.3, 0.4) is 0 Å². The van der Waals surface area contributed by atoms with E-state index >= 15 is 0 Å². The predicted octanol–water partition coefficient (Wildman–Crippen LogP) is 0.171. The Morgan fingerprint density at radius 1 is 1.35 bits per heavy atom. The van der Waals surface area contributed by atoms with Crippen molar-refractivity contribution in [1.82, 2.24) is 15.1 Å². The summed E-state index contributed by atoms with van der Waals surface area (Å²) in [7, 11) is 0. The molecule has 106 valence electrons. The van der Waals surface area contributed by atoms with Crippen molar-refractivity contribution in [2.75, 3.05) is 26.2 Å². The first-order valence-corrected chi connectivity index (χ1v) is 6.74. The van der Waals surface area contributed by atoms with Crippen molar-refractivity contribution in [1.29, 1.82) is 0 Å². The van der Waals surface area contributed by atoms with E-state index in [0.717, 1.165) is 0 Å². The summed E-state index contributed by atoms with van der Waals surface area (Å²) in [6, 6.07) is 6.91. The largest absolute Gasteiger partial charge is 0.508 e. The lowest BCUT2D eigenvalue weighted by atomic mass is 10.1. The number of phenolic OH excluding ortho intramolecular Hbond substituents is 1. The molecular formula is C14H17N3O3. The number of nitrogens with zero attached hydrogens (tertiary/aromatic N) is 2. The molecule has 2 heterocycles. The highest BCUT2D eigenvalue weighted by atomic mass is 16.3. The molecule has 0 saturated carbocycles. The molecular weight excluding hydrogens is 258 g/mol. The summed E-state index contributed by atoms with van der Waals surface area (Å²) in [6.07, 6.45) is 0.195. The van der Waals surface area contributed by atoms with Gasteiger partial charge in [0.2, 0.25) is 5.91 Å². The van der Waals surface area contributed by atoms with Crippen LogP contribution < -0.4 is 5.32 Å². The molecule has 0 aliphatic carbocycles. The van der Waals surface area contributed by atoms with Gasteiger partial charge in [0.25, 0.3) is 0 Å². The zero-order valence-corrected chi connectivity index (χ0v) is 11.1. The minimum Gasteiger partial charge on any atom is -0.508 e. The van der Waals surface area contributed by atoms with Gasteiger partial charge in [0.15, 0.2) is 0 Å². The van der Waals surface area contributed by atoms with E-state index in [9.17, 15) is 14.7 Å². The second-order valence-electron chi connectivity index (χ2n) is 5.18. The monoisotopic (exact) mass is 275 g/mol. The minimum absolute atomic E-state index is 0.00880. The molecule has 0 spiro atoms. The average molecular weight is 275 g/mol. The Morgan fingerprint density at radius 3 is 2.95 bits per heavy atom. The maximum absolute atomic E-state index is 12.3. The topological polar surface area (TPSA) is 72.9 Å². The van der Waals surface area contributed by atoms with Crippen LogP contribution in [0, 0.1) is 0 Å². The van der Waals surface area contributed by atoms with Gasteiger partial charge in [-0.05, 0) is 6.07 Å². The number of hydrogen-bond donors (Lipinski definition) is 2. The van der Waals surface area contributed by atoms with Gasteiger partial charge in [-0.25, -0.2) is 4.79 Å². The van der Waals surface area contributed by atoms with Crippen LogP contribution in [-0.2, 0) is 11.2 Å². The summed E-state index contributed by atoms with van der Waals surface area (Å²) in [5.41, 5.74) is 0.639. The van der Waals surface area contributed by atoms with E-state index in [4.69, 9.17) is 0 Å². The molecule has 1 aromatic carbocycles. The zero-order chi connectivity index (χ0) is 14.1. The molecule has 6 nitrogen and oxygen atoms in total. The van der Waals surface area contributed by atoms with E-state index in [1.54, 1.807) is 34.1 Å². The number of piperazine rings is 1. The third kappa shape index (κ3) is 2.29. The highest BCUT2D eigenvalue weighted by Crippen LogP contribution is 2.19. The molecule has 3 rings (SSSR count). The molecule has 1 unspecified atom stereocenters. The molecule has 2 saturated heterocycles. The molecule has 2 fully saturated rings. The molecule has 3 amide bonds. The fourth-order valence-electron chi connectivity index (χ4n) is 2.77. The molecule has 2 N–H and O–H groups in total. The molecule has 0 radical (unpaired) electrons. The molecule has 2 aliphatic heterocycles. The summed E-state index contributed by atoms with van der Waals surface area (Å²) in [6.45, 7) is 2.28. The Balaban J connectivity index is 1.64. The smallest absolute Gasteiger partial charge is 0.317 e. The van der Waals surface area contributed by atoms with Gasteiger partial charge in [0.1, 0.15) is 5.75 Å². The van der Waals surface area contributed by atoms with Gasteiger partial charge in [-0.15, -0.1) is 0 Å². The Morgan fingerprint density at radius 2 is 2.15 bits per heavy atom. The SMILES string of the molecule is O=C(Cc1ccccc1O)N1CCN2C(=O)NCC2C1. The van der Waals surface area contributed by atoms with Gasteiger partial charge in [0, 0.05) is 31.7 Å². The van der Waals surface area contributed by atoms with Crippen LogP contribution in [0.1, 0.15) is 5.56 Å². The molecule has 1 aromatic rings. The summed E-state index contributed by atoms with van der Waals surface area (Å²) < 4.78 is 0. The summed E-state index contributed by atoms with van der Waals surface area (Å²) >= 11 is 0. The van der Waals surface area contributed by atoms with E-state index in [2.05, 4.69) is 5.32 Å². The third-order valence-electron chi connectivity index (χ3n) is 3.92. The fraction of sp³-hybridized carbons (Fsp3) is 0.429. The first-order chi connectivity index (χ1) is 9.65. The van der Waals surface area contributed by atoms with Crippen molar-refractivity contribution in [3.8, 4) is 5.75 Å². The molecule has 20 heavy (non-hydrogen) atoms. The van der Waals surface area contributed by atoms with E-state index in [1.807, 2.05) is 0 Å². The second kappa shape index (κ2) is 5.03. The lowest BCUT2D eigenvalue weighted by Crippen LogP contribution is -2.54. The van der Waals surface area contributed by atoms with Crippen LogP contribution in [-0.4, -0.2) is 59.1 Å². The molecule has 6 heteroatoms. The van der Waals surface area contributed by atoms with Gasteiger partial charge in [-0.1, -0.05) is 18.2 Å². The van der Waals surface area contributed by atoms with Crippen molar-refractivity contribution >= 4 is 11.9 Å². The second-order valence-corrected chi connectivity index (χ2v) is 5.18. The number of benzene rings is 1. The first-order valence-electron chi connectivity index (χ1n) is 6.74. The van der Waals surface area contributed by atoms with Crippen LogP contribution in [0.4, 0.5) is 4.79 Å². The molecule has 0 bridgehead atoms. The van der Waals surface area contributed by atoms with E-state index in [0.29, 0.717) is 31.7 Å². The Kier molecular flexibility index (Phi) is 3.22. The Labute approximate surface area is 117 Å². The summed E-state index contributed by atoms with van der Waals surface area (Å²) in [5, 5.41) is 12.5. The number of phenols is 1. The van der Waals surface area contributed by atoms with Crippen LogP contribution in [0.25, 0.3) is 0 Å². The number of carbonyl (C=O) groups excluding carboxylic acids is 2.